The molecule has 2 rings (SSSR count). The van der Waals surface area contributed by atoms with Crippen molar-refractivity contribution in [1.29, 1.82) is 0 Å². The molecular weight excluding hydrogens is 263 g/mol. The van der Waals surface area contributed by atoms with Crippen LogP contribution in [0.4, 0.5) is 4.39 Å². The second-order valence-corrected chi connectivity index (χ2v) is 5.54. The quantitative estimate of drug-likeness (QED) is 0.852. The molecule has 1 fully saturated rings. The van der Waals surface area contributed by atoms with E-state index < -0.39 is 0 Å². The molecule has 0 saturated carbocycles. The molecule has 1 heterocycles. The third-order valence-corrected chi connectivity index (χ3v) is 3.80. The van der Waals surface area contributed by atoms with E-state index in [1.165, 1.54) is 6.07 Å². The molecule has 0 amide bonds. The standard InChI is InChI=1S/C15H20ClFN2/c1-11(2)9-15(19-7-5-18-6-8-19)13-10-12(17)3-4-14(13)16/h3-4,10,15,18H,1,5-9H2,2H3/t15-/m0/s1. The number of hydrogen-bond donors (Lipinski definition) is 1. The predicted octanol–water partition coefficient (Wildman–Crippen LogP) is 3.39. The van der Waals surface area contributed by atoms with E-state index in [-0.39, 0.29) is 11.9 Å². The summed E-state index contributed by atoms with van der Waals surface area (Å²) in [6.45, 7) is 9.80. The molecule has 1 aliphatic rings. The van der Waals surface area contributed by atoms with Crippen LogP contribution in [0.3, 0.4) is 0 Å². The van der Waals surface area contributed by atoms with E-state index in [1.54, 1.807) is 12.1 Å². The van der Waals surface area contributed by atoms with E-state index in [1.807, 2.05) is 6.92 Å². The number of nitrogens with zero attached hydrogens (tertiary/aromatic N) is 1. The maximum atomic E-state index is 13.5. The fourth-order valence-corrected chi connectivity index (χ4v) is 2.77. The van der Waals surface area contributed by atoms with Crippen molar-refractivity contribution in [3.8, 4) is 0 Å². The molecule has 1 saturated heterocycles. The van der Waals surface area contributed by atoms with Crippen molar-refractivity contribution in [2.45, 2.75) is 19.4 Å². The van der Waals surface area contributed by atoms with Gasteiger partial charge in [0.05, 0.1) is 0 Å². The lowest BCUT2D eigenvalue weighted by molar-refractivity contribution is 0.172. The second kappa shape index (κ2) is 6.51. The highest BCUT2D eigenvalue weighted by atomic mass is 35.5. The number of benzene rings is 1. The summed E-state index contributed by atoms with van der Waals surface area (Å²) in [4.78, 5) is 2.35. The van der Waals surface area contributed by atoms with Crippen LogP contribution in [0.5, 0.6) is 0 Å². The molecule has 4 heteroatoms. The van der Waals surface area contributed by atoms with Gasteiger partial charge in [-0.25, -0.2) is 4.39 Å². The second-order valence-electron chi connectivity index (χ2n) is 5.13. The zero-order valence-electron chi connectivity index (χ0n) is 11.3. The Morgan fingerprint density at radius 1 is 1.47 bits per heavy atom. The molecule has 0 unspecified atom stereocenters. The van der Waals surface area contributed by atoms with Gasteiger partial charge in [0.2, 0.25) is 0 Å². The summed E-state index contributed by atoms with van der Waals surface area (Å²) in [6, 6.07) is 4.71. The molecule has 19 heavy (non-hydrogen) atoms. The number of rotatable bonds is 4. The van der Waals surface area contributed by atoms with Crippen LogP contribution in [-0.2, 0) is 0 Å². The van der Waals surface area contributed by atoms with Gasteiger partial charge in [-0.3, -0.25) is 4.90 Å². The van der Waals surface area contributed by atoms with Gasteiger partial charge in [-0.15, -0.1) is 6.58 Å². The van der Waals surface area contributed by atoms with Crippen LogP contribution in [0.2, 0.25) is 5.02 Å². The van der Waals surface area contributed by atoms with Crippen molar-refractivity contribution in [2.75, 3.05) is 26.2 Å². The zero-order chi connectivity index (χ0) is 13.8. The first kappa shape index (κ1) is 14.5. The van der Waals surface area contributed by atoms with Gasteiger partial charge in [-0.05, 0) is 37.1 Å². The highest BCUT2D eigenvalue weighted by molar-refractivity contribution is 6.31. The molecule has 1 aromatic rings. The third-order valence-electron chi connectivity index (χ3n) is 3.45. The van der Waals surface area contributed by atoms with E-state index in [4.69, 9.17) is 11.6 Å². The molecule has 0 aliphatic carbocycles. The van der Waals surface area contributed by atoms with E-state index in [2.05, 4.69) is 16.8 Å². The van der Waals surface area contributed by atoms with Gasteiger partial charge in [0.15, 0.2) is 0 Å². The minimum Gasteiger partial charge on any atom is -0.314 e. The number of hydrogen-bond acceptors (Lipinski definition) is 2. The van der Waals surface area contributed by atoms with Crippen LogP contribution in [0.25, 0.3) is 0 Å². The summed E-state index contributed by atoms with van der Waals surface area (Å²) in [7, 11) is 0. The SMILES string of the molecule is C=C(C)C[C@@H](c1cc(F)ccc1Cl)N1CCNCC1. The fraction of sp³-hybridized carbons (Fsp3) is 0.467. The Balaban J connectivity index is 2.29. The Kier molecular flexibility index (Phi) is 4.97. The monoisotopic (exact) mass is 282 g/mol. The molecule has 1 aliphatic heterocycles. The number of piperazine rings is 1. The molecule has 0 bridgehead atoms. The van der Waals surface area contributed by atoms with E-state index in [0.29, 0.717) is 5.02 Å². The molecule has 0 radical (unpaired) electrons. The Hall–Kier alpha value is -0.900. The lowest BCUT2D eigenvalue weighted by Crippen LogP contribution is -2.45. The number of nitrogens with one attached hydrogen (secondary N) is 1. The van der Waals surface area contributed by atoms with Gasteiger partial charge in [0.1, 0.15) is 5.82 Å². The minimum atomic E-state index is -0.235. The first-order chi connectivity index (χ1) is 9.08. The van der Waals surface area contributed by atoms with Crippen molar-refractivity contribution in [2.24, 2.45) is 0 Å². The van der Waals surface area contributed by atoms with Crippen molar-refractivity contribution in [3.05, 3.63) is 46.8 Å². The van der Waals surface area contributed by atoms with E-state index >= 15 is 0 Å². The maximum absolute atomic E-state index is 13.5. The van der Waals surface area contributed by atoms with Gasteiger partial charge in [0, 0.05) is 37.2 Å². The maximum Gasteiger partial charge on any atom is 0.123 e. The van der Waals surface area contributed by atoms with Gasteiger partial charge in [-0.1, -0.05) is 17.2 Å². The van der Waals surface area contributed by atoms with Crippen molar-refractivity contribution < 1.29 is 4.39 Å². The minimum absolute atomic E-state index is 0.114. The van der Waals surface area contributed by atoms with Crippen LogP contribution in [-0.4, -0.2) is 31.1 Å². The largest absolute Gasteiger partial charge is 0.314 e. The summed E-state index contributed by atoms with van der Waals surface area (Å²) in [5, 5.41) is 3.96. The van der Waals surface area contributed by atoms with Crippen LogP contribution in [0.15, 0.2) is 30.4 Å². The van der Waals surface area contributed by atoms with Gasteiger partial charge >= 0.3 is 0 Å². The predicted molar refractivity (Wildman–Crippen MR) is 78.0 cm³/mol. The molecule has 2 nitrogen and oxygen atoms in total. The molecule has 1 N–H and O–H groups in total. The average Bonchev–Trinajstić information content (AvgIpc) is 2.40. The Bertz CT molecular complexity index is 455. The highest BCUT2D eigenvalue weighted by Gasteiger charge is 2.24. The summed E-state index contributed by atoms with van der Waals surface area (Å²) in [5.41, 5.74) is 1.95. The van der Waals surface area contributed by atoms with Crippen molar-refractivity contribution >= 4 is 11.6 Å². The third kappa shape index (κ3) is 3.78. The summed E-state index contributed by atoms with van der Waals surface area (Å²) >= 11 is 6.26. The summed E-state index contributed by atoms with van der Waals surface area (Å²) < 4.78 is 13.5. The van der Waals surface area contributed by atoms with Crippen LogP contribution in [0.1, 0.15) is 24.9 Å². The molecule has 1 aromatic carbocycles. The smallest absolute Gasteiger partial charge is 0.123 e. The van der Waals surface area contributed by atoms with Gasteiger partial charge < -0.3 is 5.32 Å². The summed E-state index contributed by atoms with van der Waals surface area (Å²) in [6.07, 6.45) is 0.809. The fourth-order valence-electron chi connectivity index (χ4n) is 2.53. The van der Waals surface area contributed by atoms with Crippen LogP contribution >= 0.6 is 11.6 Å². The normalized spacial score (nSPS) is 18.3. The first-order valence-corrected chi connectivity index (χ1v) is 7.00. The highest BCUT2D eigenvalue weighted by Crippen LogP contribution is 2.32. The lowest BCUT2D eigenvalue weighted by atomic mass is 9.97. The van der Waals surface area contributed by atoms with Gasteiger partial charge in [0.25, 0.3) is 0 Å². The van der Waals surface area contributed by atoms with Crippen LogP contribution < -0.4 is 5.32 Å². The van der Waals surface area contributed by atoms with E-state index in [9.17, 15) is 4.39 Å². The first-order valence-electron chi connectivity index (χ1n) is 6.62. The number of halogens is 2. The Morgan fingerprint density at radius 2 is 2.16 bits per heavy atom. The molecule has 104 valence electrons. The zero-order valence-corrected chi connectivity index (χ0v) is 12.0. The van der Waals surface area contributed by atoms with Crippen LogP contribution in [0, 0.1) is 5.82 Å². The Labute approximate surface area is 119 Å². The summed E-state index contributed by atoms with van der Waals surface area (Å²) in [5.74, 6) is -0.235. The van der Waals surface area contributed by atoms with Gasteiger partial charge in [-0.2, -0.15) is 0 Å². The van der Waals surface area contributed by atoms with Crippen molar-refractivity contribution in [1.82, 2.24) is 10.2 Å². The molecule has 0 spiro atoms. The molecule has 1 atom stereocenters. The lowest BCUT2D eigenvalue weighted by Gasteiger charge is -2.35. The molecular formula is C15H20ClFN2. The molecule has 0 aromatic heterocycles. The van der Waals surface area contributed by atoms with Crippen molar-refractivity contribution in [3.63, 3.8) is 0 Å². The Morgan fingerprint density at radius 3 is 2.79 bits per heavy atom. The topological polar surface area (TPSA) is 15.3 Å². The van der Waals surface area contributed by atoms with E-state index in [0.717, 1.165) is 43.7 Å². The average molecular weight is 283 g/mol.